The Bertz CT molecular complexity index is 865. The lowest BCUT2D eigenvalue weighted by Crippen LogP contribution is -2.45. The van der Waals surface area contributed by atoms with Crippen molar-refractivity contribution in [2.75, 3.05) is 13.1 Å². The summed E-state index contributed by atoms with van der Waals surface area (Å²) in [5.41, 5.74) is 3.23. The summed E-state index contributed by atoms with van der Waals surface area (Å²) in [5, 5.41) is 21.9. The molecule has 0 aromatic heterocycles. The van der Waals surface area contributed by atoms with Gasteiger partial charge in [0.1, 0.15) is 12.2 Å². The molecule has 32 heavy (non-hydrogen) atoms. The highest BCUT2D eigenvalue weighted by atomic mass is 16.5. The van der Waals surface area contributed by atoms with E-state index >= 15 is 0 Å². The van der Waals surface area contributed by atoms with Crippen LogP contribution >= 0.6 is 0 Å². The number of hydrogen-bond acceptors (Lipinski definition) is 5. The summed E-state index contributed by atoms with van der Waals surface area (Å²) in [7, 11) is 0. The largest absolute Gasteiger partial charge is 0.388 e. The van der Waals surface area contributed by atoms with E-state index in [-0.39, 0.29) is 0 Å². The number of rotatable bonds is 8. The van der Waals surface area contributed by atoms with Crippen LogP contribution in [-0.2, 0) is 29.2 Å². The molecule has 4 rings (SSSR count). The van der Waals surface area contributed by atoms with Gasteiger partial charge in [-0.1, -0.05) is 91.0 Å². The van der Waals surface area contributed by atoms with Crippen LogP contribution in [0.2, 0.25) is 0 Å². The molecule has 5 nitrogen and oxygen atoms in total. The molecule has 3 aromatic rings. The predicted octanol–water partition coefficient (Wildman–Crippen LogP) is 3.39. The molecule has 1 aliphatic rings. The molecule has 0 saturated carbocycles. The summed E-state index contributed by atoms with van der Waals surface area (Å²) in [6.07, 6.45) is -3.14. The Morgan fingerprint density at radius 1 is 0.594 bits per heavy atom. The van der Waals surface area contributed by atoms with Gasteiger partial charge >= 0.3 is 0 Å². The molecule has 0 radical (unpaired) electrons. The fraction of sp³-hybridized carbons (Fsp3) is 0.333. The van der Waals surface area contributed by atoms with E-state index in [4.69, 9.17) is 9.47 Å². The van der Waals surface area contributed by atoms with Crippen LogP contribution in [-0.4, -0.2) is 52.6 Å². The van der Waals surface area contributed by atoms with Crippen molar-refractivity contribution in [2.45, 2.75) is 44.2 Å². The number of likely N-dealkylation sites (tertiary alicyclic amines) is 1. The first-order chi connectivity index (χ1) is 15.7. The second-order valence-electron chi connectivity index (χ2n) is 8.33. The van der Waals surface area contributed by atoms with E-state index in [1.807, 2.05) is 78.9 Å². The van der Waals surface area contributed by atoms with Gasteiger partial charge in [-0.05, 0) is 16.7 Å². The summed E-state index contributed by atoms with van der Waals surface area (Å²) in [5.74, 6) is 0. The number of aliphatic hydroxyl groups excluding tert-OH is 2. The Kier molecular flexibility index (Phi) is 8.04. The Morgan fingerprint density at radius 3 is 1.38 bits per heavy atom. The Balaban J connectivity index is 1.48. The van der Waals surface area contributed by atoms with Crippen LogP contribution in [0.5, 0.6) is 0 Å². The number of benzene rings is 3. The fourth-order valence-electron chi connectivity index (χ4n) is 4.07. The molecular formula is C27H31NO4. The lowest BCUT2D eigenvalue weighted by molar-refractivity contribution is -0.128. The average Bonchev–Trinajstić information content (AvgIpc) is 2.95. The van der Waals surface area contributed by atoms with E-state index in [0.717, 1.165) is 11.1 Å². The molecule has 2 N–H and O–H groups in total. The molecule has 0 spiro atoms. The van der Waals surface area contributed by atoms with Gasteiger partial charge in [-0.15, -0.1) is 0 Å². The van der Waals surface area contributed by atoms with Gasteiger partial charge < -0.3 is 19.7 Å². The molecule has 3 aromatic carbocycles. The zero-order chi connectivity index (χ0) is 22.2. The van der Waals surface area contributed by atoms with Gasteiger partial charge in [0.25, 0.3) is 0 Å². The lowest BCUT2D eigenvalue weighted by Gasteiger charge is -2.27. The standard InChI is InChI=1S/C27H31NO4/c29-26-24(31-19-22-12-6-2-7-13-22)17-28(16-21-10-4-1-5-11-21)18-25(27(26)30)32-20-23-14-8-3-9-15-23/h1-15,24-27,29-30H,16-20H2/t24-,25-,26+,27+/m0/s1. The average molecular weight is 434 g/mol. The molecule has 0 unspecified atom stereocenters. The molecule has 4 atom stereocenters. The van der Waals surface area contributed by atoms with Crippen molar-refractivity contribution in [2.24, 2.45) is 0 Å². The van der Waals surface area contributed by atoms with Crippen LogP contribution < -0.4 is 0 Å². The van der Waals surface area contributed by atoms with Crippen molar-refractivity contribution in [3.63, 3.8) is 0 Å². The van der Waals surface area contributed by atoms with Gasteiger partial charge in [0.15, 0.2) is 0 Å². The first-order valence-corrected chi connectivity index (χ1v) is 11.1. The summed E-state index contributed by atoms with van der Waals surface area (Å²) in [4.78, 5) is 2.19. The lowest BCUT2D eigenvalue weighted by atomic mass is 10.0. The monoisotopic (exact) mass is 433 g/mol. The quantitative estimate of drug-likeness (QED) is 0.570. The van der Waals surface area contributed by atoms with Crippen LogP contribution in [0.25, 0.3) is 0 Å². The first-order valence-electron chi connectivity index (χ1n) is 11.1. The zero-order valence-electron chi connectivity index (χ0n) is 18.2. The van der Waals surface area contributed by atoms with Gasteiger partial charge in [-0.3, -0.25) is 4.90 Å². The highest BCUT2D eigenvalue weighted by Gasteiger charge is 2.39. The molecule has 0 aliphatic carbocycles. The normalized spacial score (nSPS) is 24.2. The number of hydrogen-bond donors (Lipinski definition) is 2. The minimum Gasteiger partial charge on any atom is -0.388 e. The maximum Gasteiger partial charge on any atom is 0.110 e. The van der Waals surface area contributed by atoms with Crippen molar-refractivity contribution in [1.82, 2.24) is 4.90 Å². The smallest absolute Gasteiger partial charge is 0.110 e. The third-order valence-corrected chi connectivity index (χ3v) is 5.85. The second-order valence-corrected chi connectivity index (χ2v) is 8.33. The van der Waals surface area contributed by atoms with Gasteiger partial charge in [-0.25, -0.2) is 0 Å². The molecule has 0 amide bonds. The van der Waals surface area contributed by atoms with Crippen molar-refractivity contribution < 1.29 is 19.7 Å². The predicted molar refractivity (Wildman–Crippen MR) is 124 cm³/mol. The van der Waals surface area contributed by atoms with Crippen molar-refractivity contribution in [3.8, 4) is 0 Å². The maximum atomic E-state index is 11.0. The Morgan fingerprint density at radius 2 is 0.969 bits per heavy atom. The Labute approximate surface area is 189 Å². The molecule has 1 fully saturated rings. The minimum absolute atomic E-state index is 0.379. The van der Waals surface area contributed by atoms with E-state index in [9.17, 15) is 10.2 Å². The number of aliphatic hydroxyl groups is 2. The van der Waals surface area contributed by atoms with Crippen LogP contribution in [0.1, 0.15) is 16.7 Å². The molecule has 0 bridgehead atoms. The van der Waals surface area contributed by atoms with E-state index in [2.05, 4.69) is 17.0 Å². The highest BCUT2D eigenvalue weighted by Crippen LogP contribution is 2.22. The van der Waals surface area contributed by atoms with Gasteiger partial charge in [0, 0.05) is 19.6 Å². The second kappa shape index (κ2) is 11.4. The molecule has 1 aliphatic heterocycles. The maximum absolute atomic E-state index is 11.0. The summed E-state index contributed by atoms with van der Waals surface area (Å²) < 4.78 is 12.2. The van der Waals surface area contributed by atoms with Gasteiger partial charge in [-0.2, -0.15) is 0 Å². The summed E-state index contributed by atoms with van der Waals surface area (Å²) in [6, 6.07) is 29.9. The van der Waals surface area contributed by atoms with Crippen molar-refractivity contribution in [3.05, 3.63) is 108 Å². The van der Waals surface area contributed by atoms with E-state index in [0.29, 0.717) is 32.8 Å². The van der Waals surface area contributed by atoms with Crippen LogP contribution in [0, 0.1) is 0 Å². The summed E-state index contributed by atoms with van der Waals surface area (Å²) >= 11 is 0. The van der Waals surface area contributed by atoms with Gasteiger partial charge in [0.2, 0.25) is 0 Å². The van der Waals surface area contributed by atoms with Crippen molar-refractivity contribution in [1.29, 1.82) is 0 Å². The van der Waals surface area contributed by atoms with Crippen molar-refractivity contribution >= 4 is 0 Å². The zero-order valence-corrected chi connectivity index (χ0v) is 18.2. The Hall–Kier alpha value is -2.54. The third-order valence-electron chi connectivity index (χ3n) is 5.85. The topological polar surface area (TPSA) is 62.2 Å². The number of nitrogens with zero attached hydrogens (tertiary/aromatic N) is 1. The van der Waals surface area contributed by atoms with E-state index in [1.165, 1.54) is 5.56 Å². The van der Waals surface area contributed by atoms with E-state index in [1.54, 1.807) is 0 Å². The summed E-state index contributed by atoms with van der Waals surface area (Å²) in [6.45, 7) is 2.46. The molecule has 1 heterocycles. The molecule has 168 valence electrons. The van der Waals surface area contributed by atoms with Crippen LogP contribution in [0.3, 0.4) is 0 Å². The van der Waals surface area contributed by atoms with Crippen LogP contribution in [0.4, 0.5) is 0 Å². The first kappa shape index (κ1) is 22.6. The SMILES string of the molecule is O[C@H]1[C@H](O)[C@@H](OCc2ccccc2)CN(Cc2ccccc2)C[C@@H]1OCc1ccccc1. The minimum atomic E-state index is -1.04. The fourth-order valence-corrected chi connectivity index (χ4v) is 4.07. The molecule has 5 heteroatoms. The molecule has 1 saturated heterocycles. The van der Waals surface area contributed by atoms with Crippen LogP contribution in [0.15, 0.2) is 91.0 Å². The number of ether oxygens (including phenoxy) is 2. The van der Waals surface area contributed by atoms with Gasteiger partial charge in [0.05, 0.1) is 25.4 Å². The third kappa shape index (κ3) is 6.25. The molecular weight excluding hydrogens is 402 g/mol. The van der Waals surface area contributed by atoms with E-state index < -0.39 is 24.4 Å². The highest BCUT2D eigenvalue weighted by molar-refractivity contribution is 5.16.